The highest BCUT2D eigenvalue weighted by Crippen LogP contribution is 2.30. The summed E-state index contributed by atoms with van der Waals surface area (Å²) in [5.41, 5.74) is 0.739. The summed E-state index contributed by atoms with van der Waals surface area (Å²) in [5.74, 6) is 0.583. The molecule has 0 amide bonds. The van der Waals surface area contributed by atoms with E-state index in [0.717, 1.165) is 29.2 Å². The lowest BCUT2D eigenvalue weighted by Gasteiger charge is -2.07. The largest absolute Gasteiger partial charge is 0.416 e. The Morgan fingerprint density at radius 1 is 0.909 bits per heavy atom. The average molecular weight is 321 g/mol. The molecule has 0 saturated heterocycles. The van der Waals surface area contributed by atoms with Crippen LogP contribution in [0.1, 0.15) is 5.56 Å². The summed E-state index contributed by atoms with van der Waals surface area (Å²) in [6, 6.07) is 14.3. The molecule has 0 atom stereocenters. The molecule has 0 fully saturated rings. The molecular weight excluding hydrogens is 311 g/mol. The van der Waals surface area contributed by atoms with Gasteiger partial charge in [0, 0.05) is 22.8 Å². The van der Waals surface area contributed by atoms with E-state index in [1.165, 1.54) is 12.1 Å². The normalized spacial score (nSPS) is 11.4. The molecule has 1 N–H and O–H groups in total. The molecule has 3 nitrogen and oxygen atoms in total. The molecule has 112 valence electrons. The van der Waals surface area contributed by atoms with Gasteiger partial charge in [0.1, 0.15) is 0 Å². The van der Waals surface area contributed by atoms with E-state index in [9.17, 15) is 13.2 Å². The van der Waals surface area contributed by atoms with Crippen molar-refractivity contribution in [2.75, 3.05) is 5.32 Å². The van der Waals surface area contributed by atoms with E-state index in [0.29, 0.717) is 16.6 Å². The fourth-order valence-electron chi connectivity index (χ4n) is 1.84. The topological polar surface area (TPSA) is 37.8 Å². The fourth-order valence-corrected chi connectivity index (χ4v) is 2.45. The van der Waals surface area contributed by atoms with Gasteiger partial charge < -0.3 is 5.32 Å². The van der Waals surface area contributed by atoms with E-state index in [4.69, 9.17) is 0 Å². The van der Waals surface area contributed by atoms with Gasteiger partial charge in [-0.25, -0.2) is 0 Å². The highest BCUT2D eigenvalue weighted by molar-refractivity contribution is 7.09. The molecular formula is C15H10F3N3S. The van der Waals surface area contributed by atoms with Gasteiger partial charge in [-0.2, -0.15) is 22.5 Å². The molecule has 2 aromatic carbocycles. The van der Waals surface area contributed by atoms with Crippen LogP contribution >= 0.6 is 11.5 Å². The summed E-state index contributed by atoms with van der Waals surface area (Å²) in [6.07, 6.45) is -4.33. The minimum atomic E-state index is -4.33. The van der Waals surface area contributed by atoms with Crippen molar-refractivity contribution in [3.05, 3.63) is 60.2 Å². The number of rotatable bonds is 3. The van der Waals surface area contributed by atoms with Crippen molar-refractivity contribution in [3.63, 3.8) is 0 Å². The zero-order valence-corrected chi connectivity index (χ0v) is 11.9. The number of nitrogens with one attached hydrogen (secondary N) is 1. The van der Waals surface area contributed by atoms with Crippen LogP contribution < -0.4 is 5.32 Å². The van der Waals surface area contributed by atoms with Crippen LogP contribution in [0.4, 0.5) is 24.0 Å². The number of benzene rings is 2. The van der Waals surface area contributed by atoms with Crippen molar-refractivity contribution in [1.82, 2.24) is 9.36 Å². The molecule has 0 spiro atoms. The standard InChI is InChI=1S/C15H10F3N3S/c16-15(17,18)11-6-8-12(9-7-11)19-14-20-13(21-22-14)10-4-2-1-3-5-10/h1-9H,(H,19,20,21). The molecule has 0 aliphatic rings. The Bertz CT molecular complexity index is 752. The second kappa shape index (κ2) is 5.76. The quantitative estimate of drug-likeness (QED) is 0.740. The number of hydrogen-bond donors (Lipinski definition) is 1. The molecule has 0 radical (unpaired) electrons. The molecule has 22 heavy (non-hydrogen) atoms. The van der Waals surface area contributed by atoms with Crippen LogP contribution in [0.15, 0.2) is 54.6 Å². The zero-order chi connectivity index (χ0) is 15.6. The van der Waals surface area contributed by atoms with Gasteiger partial charge in [-0.1, -0.05) is 30.3 Å². The Morgan fingerprint density at radius 3 is 2.23 bits per heavy atom. The molecule has 0 bridgehead atoms. The van der Waals surface area contributed by atoms with Gasteiger partial charge in [0.15, 0.2) is 5.82 Å². The summed E-state index contributed by atoms with van der Waals surface area (Å²) >= 11 is 1.15. The monoisotopic (exact) mass is 321 g/mol. The lowest BCUT2D eigenvalue weighted by atomic mass is 10.2. The summed E-state index contributed by atoms with van der Waals surface area (Å²) in [6.45, 7) is 0. The highest BCUT2D eigenvalue weighted by atomic mass is 32.1. The highest BCUT2D eigenvalue weighted by Gasteiger charge is 2.29. The minimum Gasteiger partial charge on any atom is -0.330 e. The minimum absolute atomic E-state index is 0.526. The Hall–Kier alpha value is -2.41. The van der Waals surface area contributed by atoms with Crippen LogP contribution in [-0.2, 0) is 6.18 Å². The molecule has 1 heterocycles. The van der Waals surface area contributed by atoms with Gasteiger partial charge in [0.25, 0.3) is 0 Å². The Morgan fingerprint density at radius 2 is 1.59 bits per heavy atom. The van der Waals surface area contributed by atoms with Crippen LogP contribution in [0, 0.1) is 0 Å². The van der Waals surface area contributed by atoms with E-state index in [1.54, 1.807) is 0 Å². The molecule has 0 unspecified atom stereocenters. The van der Waals surface area contributed by atoms with E-state index in [1.807, 2.05) is 30.3 Å². The number of nitrogens with zero attached hydrogens (tertiary/aromatic N) is 2. The summed E-state index contributed by atoms with van der Waals surface area (Å²) in [7, 11) is 0. The predicted molar refractivity (Wildman–Crippen MR) is 80.1 cm³/mol. The van der Waals surface area contributed by atoms with Crippen molar-refractivity contribution in [1.29, 1.82) is 0 Å². The first-order valence-electron chi connectivity index (χ1n) is 6.36. The third-order valence-electron chi connectivity index (χ3n) is 2.92. The zero-order valence-electron chi connectivity index (χ0n) is 11.1. The van der Waals surface area contributed by atoms with E-state index < -0.39 is 11.7 Å². The number of hydrogen-bond acceptors (Lipinski definition) is 4. The Labute approximate surface area is 128 Å². The van der Waals surface area contributed by atoms with Gasteiger partial charge >= 0.3 is 6.18 Å². The van der Waals surface area contributed by atoms with Crippen LogP contribution in [0.3, 0.4) is 0 Å². The number of alkyl halides is 3. The van der Waals surface area contributed by atoms with Gasteiger partial charge in [0.05, 0.1) is 5.56 Å². The first kappa shape index (κ1) is 14.5. The summed E-state index contributed by atoms with van der Waals surface area (Å²) in [4.78, 5) is 4.32. The number of anilines is 2. The smallest absolute Gasteiger partial charge is 0.330 e. The SMILES string of the molecule is FC(F)(F)c1ccc(Nc2nc(-c3ccccc3)ns2)cc1. The van der Waals surface area contributed by atoms with E-state index in [-0.39, 0.29) is 0 Å². The third-order valence-corrected chi connectivity index (χ3v) is 3.55. The Balaban J connectivity index is 1.76. The van der Waals surface area contributed by atoms with Crippen molar-refractivity contribution in [3.8, 4) is 11.4 Å². The Kier molecular flexibility index (Phi) is 3.81. The average Bonchev–Trinajstić information content (AvgIpc) is 2.96. The predicted octanol–water partition coefficient (Wildman–Crippen LogP) is 4.97. The third kappa shape index (κ3) is 3.25. The second-order valence-corrected chi connectivity index (χ2v) is 5.24. The molecule has 0 aliphatic heterocycles. The van der Waals surface area contributed by atoms with Crippen LogP contribution in [0.2, 0.25) is 0 Å². The maximum atomic E-state index is 12.5. The first-order valence-corrected chi connectivity index (χ1v) is 7.13. The molecule has 0 saturated carbocycles. The first-order chi connectivity index (χ1) is 10.5. The van der Waals surface area contributed by atoms with Gasteiger partial charge in [-0.05, 0) is 24.3 Å². The van der Waals surface area contributed by atoms with Crippen LogP contribution in [0.5, 0.6) is 0 Å². The maximum Gasteiger partial charge on any atom is 0.416 e. The molecule has 3 aromatic rings. The van der Waals surface area contributed by atoms with E-state index >= 15 is 0 Å². The molecule has 0 aliphatic carbocycles. The molecule has 3 rings (SSSR count). The fraction of sp³-hybridized carbons (Fsp3) is 0.0667. The molecule has 1 aromatic heterocycles. The molecule has 7 heteroatoms. The van der Waals surface area contributed by atoms with Crippen molar-refractivity contribution in [2.45, 2.75) is 6.18 Å². The van der Waals surface area contributed by atoms with Gasteiger partial charge in [-0.3, -0.25) is 0 Å². The van der Waals surface area contributed by atoms with Crippen molar-refractivity contribution >= 4 is 22.4 Å². The lowest BCUT2D eigenvalue weighted by Crippen LogP contribution is -2.04. The number of halogens is 3. The van der Waals surface area contributed by atoms with Gasteiger partial charge in [0.2, 0.25) is 5.13 Å². The lowest BCUT2D eigenvalue weighted by molar-refractivity contribution is -0.137. The van der Waals surface area contributed by atoms with Crippen molar-refractivity contribution < 1.29 is 13.2 Å². The summed E-state index contributed by atoms with van der Waals surface area (Å²) < 4.78 is 41.7. The number of aromatic nitrogens is 2. The summed E-state index contributed by atoms with van der Waals surface area (Å²) in [5, 5.41) is 3.48. The van der Waals surface area contributed by atoms with Crippen LogP contribution in [-0.4, -0.2) is 9.36 Å². The van der Waals surface area contributed by atoms with E-state index in [2.05, 4.69) is 14.7 Å². The van der Waals surface area contributed by atoms with Crippen molar-refractivity contribution in [2.24, 2.45) is 0 Å². The van der Waals surface area contributed by atoms with Crippen LogP contribution in [0.25, 0.3) is 11.4 Å². The van der Waals surface area contributed by atoms with Gasteiger partial charge in [-0.15, -0.1) is 0 Å². The maximum absolute atomic E-state index is 12.5. The second-order valence-electron chi connectivity index (χ2n) is 4.49.